The maximum absolute atomic E-state index is 5.26. The van der Waals surface area contributed by atoms with E-state index in [0.29, 0.717) is 5.95 Å². The lowest BCUT2D eigenvalue weighted by atomic mass is 10.4. The quantitative estimate of drug-likeness (QED) is 0.422. The van der Waals surface area contributed by atoms with Crippen molar-refractivity contribution in [1.29, 1.82) is 0 Å². The van der Waals surface area contributed by atoms with Gasteiger partial charge in [-0.2, -0.15) is 10.1 Å². The molecule has 0 aliphatic heterocycles. The molecule has 0 fully saturated rings. The second-order valence-electron chi connectivity index (χ2n) is 3.58. The summed E-state index contributed by atoms with van der Waals surface area (Å²) in [5.74, 6) is 6.36. The SMILES string of the molecule is NNc1ncc(Br)c(NCCCn2cccn2)n1. The van der Waals surface area contributed by atoms with Crippen LogP contribution in [0.5, 0.6) is 0 Å². The molecule has 0 unspecified atom stereocenters. The maximum atomic E-state index is 5.26. The second-order valence-corrected chi connectivity index (χ2v) is 4.44. The fraction of sp³-hybridized carbons (Fsp3) is 0.300. The molecule has 0 amide bonds. The number of nitrogens with two attached hydrogens (primary N) is 1. The Morgan fingerprint density at radius 3 is 3.06 bits per heavy atom. The standard InChI is InChI=1S/C10H14BrN7/c11-8-7-14-10(17-12)16-9(8)13-3-1-5-18-6-2-4-15-18/h2,4,6-7H,1,3,5,12H2,(H2,13,14,16,17). The Bertz CT molecular complexity index is 485. The number of aryl methyl sites for hydroxylation is 1. The molecule has 4 N–H and O–H groups in total. The lowest BCUT2D eigenvalue weighted by Crippen LogP contribution is -2.13. The summed E-state index contributed by atoms with van der Waals surface area (Å²) < 4.78 is 2.70. The summed E-state index contributed by atoms with van der Waals surface area (Å²) in [4.78, 5) is 8.18. The highest BCUT2D eigenvalue weighted by Crippen LogP contribution is 2.19. The molecule has 2 aromatic heterocycles. The third-order valence-electron chi connectivity index (χ3n) is 2.29. The van der Waals surface area contributed by atoms with Gasteiger partial charge in [0.1, 0.15) is 5.82 Å². The molecule has 0 bridgehead atoms. The normalized spacial score (nSPS) is 10.3. The zero-order valence-corrected chi connectivity index (χ0v) is 11.3. The van der Waals surface area contributed by atoms with Gasteiger partial charge in [0, 0.05) is 31.7 Å². The summed E-state index contributed by atoms with van der Waals surface area (Å²) in [6.45, 7) is 1.66. The molecule has 7 nitrogen and oxygen atoms in total. The summed E-state index contributed by atoms with van der Waals surface area (Å²) in [5.41, 5.74) is 2.41. The van der Waals surface area contributed by atoms with E-state index in [1.54, 1.807) is 12.4 Å². The van der Waals surface area contributed by atoms with Gasteiger partial charge in [0.05, 0.1) is 4.47 Å². The number of hydrazine groups is 1. The van der Waals surface area contributed by atoms with Crippen LogP contribution in [0.1, 0.15) is 6.42 Å². The van der Waals surface area contributed by atoms with Crippen LogP contribution in [0.3, 0.4) is 0 Å². The minimum Gasteiger partial charge on any atom is -0.369 e. The van der Waals surface area contributed by atoms with Crippen LogP contribution in [-0.4, -0.2) is 26.3 Å². The highest BCUT2D eigenvalue weighted by molar-refractivity contribution is 9.10. The fourth-order valence-electron chi connectivity index (χ4n) is 1.44. The number of rotatable bonds is 6. The van der Waals surface area contributed by atoms with Crippen LogP contribution in [0.25, 0.3) is 0 Å². The van der Waals surface area contributed by atoms with Crippen LogP contribution in [0, 0.1) is 0 Å². The highest BCUT2D eigenvalue weighted by Gasteiger charge is 2.03. The van der Waals surface area contributed by atoms with Gasteiger partial charge in [-0.3, -0.25) is 10.1 Å². The first-order chi connectivity index (χ1) is 8.79. The highest BCUT2D eigenvalue weighted by atomic mass is 79.9. The lowest BCUT2D eigenvalue weighted by Gasteiger charge is -2.08. The Balaban J connectivity index is 1.82. The topological polar surface area (TPSA) is 93.7 Å². The van der Waals surface area contributed by atoms with E-state index < -0.39 is 0 Å². The molecule has 2 heterocycles. The van der Waals surface area contributed by atoms with Crippen LogP contribution in [0.2, 0.25) is 0 Å². The van der Waals surface area contributed by atoms with E-state index in [0.717, 1.165) is 29.8 Å². The first-order valence-electron chi connectivity index (χ1n) is 5.50. The summed E-state index contributed by atoms with van der Waals surface area (Å²) in [6, 6.07) is 1.91. The van der Waals surface area contributed by atoms with Gasteiger partial charge >= 0.3 is 0 Å². The molecule has 0 atom stereocenters. The monoisotopic (exact) mass is 311 g/mol. The minimum absolute atomic E-state index is 0.382. The largest absolute Gasteiger partial charge is 0.369 e. The van der Waals surface area contributed by atoms with E-state index in [4.69, 9.17) is 5.84 Å². The van der Waals surface area contributed by atoms with Gasteiger partial charge in [-0.05, 0) is 28.4 Å². The summed E-state index contributed by atoms with van der Waals surface area (Å²) in [6.07, 6.45) is 6.31. The third kappa shape index (κ3) is 3.41. The van der Waals surface area contributed by atoms with E-state index in [-0.39, 0.29) is 0 Å². The first-order valence-corrected chi connectivity index (χ1v) is 6.29. The number of aromatic nitrogens is 4. The van der Waals surface area contributed by atoms with E-state index in [2.05, 4.69) is 41.7 Å². The predicted molar refractivity (Wildman–Crippen MR) is 72.9 cm³/mol. The molecule has 18 heavy (non-hydrogen) atoms. The molecule has 0 aliphatic carbocycles. The maximum Gasteiger partial charge on any atom is 0.239 e. The van der Waals surface area contributed by atoms with E-state index in [1.807, 2.05) is 16.9 Å². The van der Waals surface area contributed by atoms with Crippen LogP contribution in [0.4, 0.5) is 11.8 Å². The van der Waals surface area contributed by atoms with Crippen molar-refractivity contribution in [3.63, 3.8) is 0 Å². The molecule has 2 aromatic rings. The lowest BCUT2D eigenvalue weighted by molar-refractivity contribution is 0.591. The molecule has 0 aliphatic rings. The Kier molecular flexibility index (Phi) is 4.48. The molecule has 0 saturated carbocycles. The molecular formula is C10H14BrN7. The molecule has 0 aromatic carbocycles. The molecule has 96 valence electrons. The van der Waals surface area contributed by atoms with Crippen LogP contribution < -0.4 is 16.6 Å². The Morgan fingerprint density at radius 1 is 1.44 bits per heavy atom. The molecular weight excluding hydrogens is 298 g/mol. The summed E-state index contributed by atoms with van der Waals surface area (Å²) in [5, 5.41) is 7.35. The number of anilines is 2. The van der Waals surface area contributed by atoms with Gasteiger partial charge in [0.25, 0.3) is 0 Å². The van der Waals surface area contributed by atoms with Gasteiger partial charge in [0.2, 0.25) is 5.95 Å². The molecule has 2 rings (SSSR count). The Labute approximate surface area is 113 Å². The van der Waals surface area contributed by atoms with Crippen molar-refractivity contribution in [1.82, 2.24) is 19.7 Å². The average molecular weight is 312 g/mol. The predicted octanol–water partition coefficient (Wildman–Crippen LogP) is 1.22. The van der Waals surface area contributed by atoms with Crippen molar-refractivity contribution < 1.29 is 0 Å². The van der Waals surface area contributed by atoms with Crippen molar-refractivity contribution in [2.45, 2.75) is 13.0 Å². The number of nitrogen functional groups attached to an aromatic ring is 1. The fourth-order valence-corrected chi connectivity index (χ4v) is 1.77. The Morgan fingerprint density at radius 2 is 2.33 bits per heavy atom. The van der Waals surface area contributed by atoms with Gasteiger partial charge in [0.15, 0.2) is 0 Å². The van der Waals surface area contributed by atoms with Gasteiger partial charge in [-0.15, -0.1) is 0 Å². The van der Waals surface area contributed by atoms with Crippen molar-refractivity contribution in [2.24, 2.45) is 5.84 Å². The zero-order valence-electron chi connectivity index (χ0n) is 9.67. The van der Waals surface area contributed by atoms with Crippen molar-refractivity contribution >= 4 is 27.7 Å². The number of hydrogen-bond donors (Lipinski definition) is 3. The number of nitrogens with one attached hydrogen (secondary N) is 2. The van der Waals surface area contributed by atoms with Crippen LogP contribution in [-0.2, 0) is 6.54 Å². The first kappa shape index (κ1) is 12.8. The van der Waals surface area contributed by atoms with E-state index in [9.17, 15) is 0 Å². The van der Waals surface area contributed by atoms with Gasteiger partial charge < -0.3 is 5.32 Å². The van der Waals surface area contributed by atoms with Crippen molar-refractivity contribution in [2.75, 3.05) is 17.3 Å². The average Bonchev–Trinajstić information content (AvgIpc) is 2.89. The van der Waals surface area contributed by atoms with Crippen molar-refractivity contribution in [3.05, 3.63) is 29.1 Å². The number of nitrogens with zero attached hydrogens (tertiary/aromatic N) is 4. The molecule has 0 spiro atoms. The summed E-state index contributed by atoms with van der Waals surface area (Å²) >= 11 is 3.38. The Hall–Kier alpha value is -1.67. The minimum atomic E-state index is 0.382. The van der Waals surface area contributed by atoms with E-state index >= 15 is 0 Å². The van der Waals surface area contributed by atoms with Crippen LogP contribution in [0.15, 0.2) is 29.1 Å². The van der Waals surface area contributed by atoms with E-state index in [1.165, 1.54) is 0 Å². The number of hydrogen-bond acceptors (Lipinski definition) is 6. The van der Waals surface area contributed by atoms with Crippen molar-refractivity contribution in [3.8, 4) is 0 Å². The molecule has 0 radical (unpaired) electrons. The number of halogens is 1. The third-order valence-corrected chi connectivity index (χ3v) is 2.87. The molecule has 8 heteroatoms. The molecule has 0 saturated heterocycles. The zero-order chi connectivity index (χ0) is 12.8. The summed E-state index contributed by atoms with van der Waals surface area (Å²) in [7, 11) is 0. The second kappa shape index (κ2) is 6.31. The smallest absolute Gasteiger partial charge is 0.239 e. The van der Waals surface area contributed by atoms with Gasteiger partial charge in [-0.25, -0.2) is 10.8 Å². The van der Waals surface area contributed by atoms with Gasteiger partial charge in [-0.1, -0.05) is 0 Å². The van der Waals surface area contributed by atoms with Crippen LogP contribution >= 0.6 is 15.9 Å².